The third-order valence-corrected chi connectivity index (χ3v) is 2.21. The first-order chi connectivity index (χ1) is 8.13. The second-order valence-electron chi connectivity index (χ2n) is 2.96. The van der Waals surface area contributed by atoms with Crippen molar-refractivity contribution in [3.63, 3.8) is 0 Å². The molecule has 0 aromatic heterocycles. The highest BCUT2D eigenvalue weighted by atomic mass is 79.9. The van der Waals surface area contributed by atoms with Gasteiger partial charge in [-0.25, -0.2) is 10.2 Å². The number of alkyl halides is 1. The number of halogens is 1. The van der Waals surface area contributed by atoms with Crippen LogP contribution in [-0.4, -0.2) is 23.2 Å². The number of hydrogen-bond acceptors (Lipinski definition) is 3. The third-order valence-electron chi connectivity index (χ3n) is 1.70. The molecule has 0 spiro atoms. The van der Waals surface area contributed by atoms with Gasteiger partial charge in [0.2, 0.25) is 5.91 Å². The fourth-order valence-corrected chi connectivity index (χ4v) is 1.10. The van der Waals surface area contributed by atoms with Crippen LogP contribution in [0.3, 0.4) is 0 Å². The van der Waals surface area contributed by atoms with Crippen LogP contribution in [0.5, 0.6) is 0 Å². The van der Waals surface area contributed by atoms with Gasteiger partial charge >= 0.3 is 6.03 Å². The largest absolute Gasteiger partial charge is 0.340 e. The van der Waals surface area contributed by atoms with Crippen LogP contribution in [0, 0.1) is 0 Å². The molecular formula is C10H10BrN3O3. The maximum atomic E-state index is 11.5. The highest BCUT2D eigenvalue weighted by molar-refractivity contribution is 9.09. The van der Waals surface area contributed by atoms with Gasteiger partial charge in [0, 0.05) is 5.56 Å². The summed E-state index contributed by atoms with van der Waals surface area (Å²) in [6.45, 7) is 0. The zero-order valence-electron chi connectivity index (χ0n) is 8.70. The van der Waals surface area contributed by atoms with Crippen molar-refractivity contribution in [1.29, 1.82) is 0 Å². The molecule has 0 radical (unpaired) electrons. The summed E-state index contributed by atoms with van der Waals surface area (Å²) in [6, 6.07) is 7.46. The Labute approximate surface area is 106 Å². The zero-order valence-corrected chi connectivity index (χ0v) is 10.3. The maximum Gasteiger partial charge on any atom is 0.340 e. The summed E-state index contributed by atoms with van der Waals surface area (Å²) in [5.74, 6) is -0.969. The van der Waals surface area contributed by atoms with E-state index in [0.717, 1.165) is 0 Å². The lowest BCUT2D eigenvalue weighted by atomic mass is 10.2. The molecule has 0 unspecified atom stereocenters. The van der Waals surface area contributed by atoms with Gasteiger partial charge in [0.1, 0.15) is 0 Å². The van der Waals surface area contributed by atoms with E-state index in [1.165, 1.54) is 0 Å². The molecular weight excluding hydrogens is 290 g/mol. The summed E-state index contributed by atoms with van der Waals surface area (Å²) < 4.78 is 0. The molecule has 3 N–H and O–H groups in total. The van der Waals surface area contributed by atoms with Gasteiger partial charge in [-0.15, -0.1) is 0 Å². The highest BCUT2D eigenvalue weighted by Crippen LogP contribution is 1.97. The predicted octanol–water partition coefficient (Wildman–Crippen LogP) is 0.552. The topological polar surface area (TPSA) is 87.3 Å². The standard InChI is InChI=1S/C10H10BrN3O3/c11-6-8(15)13-14-10(17)12-9(16)7-4-2-1-3-5-7/h1-5H,6H2,(H,13,15)(H2,12,14,16,17). The Kier molecular flexibility index (Phi) is 5.15. The van der Waals surface area contributed by atoms with Gasteiger partial charge in [0.05, 0.1) is 5.33 Å². The average molecular weight is 300 g/mol. The molecule has 1 aromatic carbocycles. The van der Waals surface area contributed by atoms with E-state index in [0.29, 0.717) is 5.56 Å². The summed E-state index contributed by atoms with van der Waals surface area (Å²) in [4.78, 5) is 33.4. The second kappa shape index (κ2) is 6.64. The minimum absolute atomic E-state index is 0.0555. The van der Waals surface area contributed by atoms with Gasteiger partial charge < -0.3 is 0 Å². The van der Waals surface area contributed by atoms with E-state index >= 15 is 0 Å². The molecule has 0 aliphatic rings. The molecule has 6 nitrogen and oxygen atoms in total. The van der Waals surface area contributed by atoms with E-state index in [2.05, 4.69) is 26.7 Å². The zero-order chi connectivity index (χ0) is 12.7. The summed E-state index contributed by atoms with van der Waals surface area (Å²) in [5.41, 5.74) is 4.48. The SMILES string of the molecule is O=C(CBr)NNC(=O)NC(=O)c1ccccc1. The van der Waals surface area contributed by atoms with Crippen LogP contribution >= 0.6 is 15.9 Å². The molecule has 0 saturated heterocycles. The number of amides is 4. The van der Waals surface area contributed by atoms with Crippen molar-refractivity contribution in [3.8, 4) is 0 Å². The molecule has 0 fully saturated rings. The summed E-state index contributed by atoms with van der Waals surface area (Å²) in [5, 5.41) is 2.11. The van der Waals surface area contributed by atoms with Crippen LogP contribution in [0.15, 0.2) is 30.3 Å². The molecule has 7 heteroatoms. The summed E-state index contributed by atoms with van der Waals surface area (Å²) in [6.07, 6.45) is 0. The first kappa shape index (κ1) is 13.2. The van der Waals surface area contributed by atoms with Crippen molar-refractivity contribution in [1.82, 2.24) is 16.2 Å². The van der Waals surface area contributed by atoms with Crippen LogP contribution in [0.1, 0.15) is 10.4 Å². The van der Waals surface area contributed by atoms with E-state index in [1.54, 1.807) is 30.3 Å². The fraction of sp³-hybridized carbons (Fsp3) is 0.100. The predicted molar refractivity (Wildman–Crippen MR) is 64.4 cm³/mol. The third kappa shape index (κ3) is 4.64. The maximum absolute atomic E-state index is 11.5. The average Bonchev–Trinajstić information content (AvgIpc) is 2.36. The van der Waals surface area contributed by atoms with E-state index in [9.17, 15) is 14.4 Å². The Hall–Kier alpha value is -1.89. The van der Waals surface area contributed by atoms with Crippen molar-refractivity contribution < 1.29 is 14.4 Å². The Morgan fingerprint density at radius 1 is 1.06 bits per heavy atom. The lowest BCUT2D eigenvalue weighted by Gasteiger charge is -2.06. The van der Waals surface area contributed by atoms with Crippen molar-refractivity contribution in [2.75, 3.05) is 5.33 Å². The van der Waals surface area contributed by atoms with Gasteiger partial charge in [0.25, 0.3) is 5.91 Å². The smallest absolute Gasteiger partial charge is 0.273 e. The van der Waals surface area contributed by atoms with E-state index in [4.69, 9.17) is 0 Å². The number of rotatable bonds is 2. The number of hydrazine groups is 1. The van der Waals surface area contributed by atoms with Gasteiger partial charge in [-0.2, -0.15) is 0 Å². The second-order valence-corrected chi connectivity index (χ2v) is 3.52. The first-order valence-corrected chi connectivity index (χ1v) is 5.77. The number of benzene rings is 1. The van der Waals surface area contributed by atoms with Crippen LogP contribution in [-0.2, 0) is 4.79 Å². The lowest BCUT2D eigenvalue weighted by molar-refractivity contribution is -0.119. The van der Waals surface area contributed by atoms with Crippen molar-refractivity contribution >= 4 is 33.8 Å². The number of carbonyl (C=O) groups excluding carboxylic acids is 3. The molecule has 90 valence electrons. The number of nitrogens with one attached hydrogen (secondary N) is 3. The van der Waals surface area contributed by atoms with E-state index in [-0.39, 0.29) is 5.33 Å². The monoisotopic (exact) mass is 299 g/mol. The van der Waals surface area contributed by atoms with Crippen molar-refractivity contribution in [2.45, 2.75) is 0 Å². The van der Waals surface area contributed by atoms with Crippen LogP contribution < -0.4 is 16.2 Å². The first-order valence-electron chi connectivity index (χ1n) is 4.64. The van der Waals surface area contributed by atoms with Crippen LogP contribution in [0.25, 0.3) is 0 Å². The van der Waals surface area contributed by atoms with E-state index in [1.807, 2.05) is 5.43 Å². The number of imide groups is 1. The molecule has 0 heterocycles. The minimum atomic E-state index is -0.798. The minimum Gasteiger partial charge on any atom is -0.273 e. The van der Waals surface area contributed by atoms with Gasteiger partial charge in [0.15, 0.2) is 0 Å². The number of carbonyl (C=O) groups is 3. The molecule has 0 saturated carbocycles. The molecule has 0 aliphatic carbocycles. The Morgan fingerprint density at radius 2 is 1.71 bits per heavy atom. The van der Waals surface area contributed by atoms with Crippen molar-refractivity contribution in [3.05, 3.63) is 35.9 Å². The molecule has 17 heavy (non-hydrogen) atoms. The number of urea groups is 1. The van der Waals surface area contributed by atoms with E-state index < -0.39 is 17.8 Å². The number of hydrogen-bond donors (Lipinski definition) is 3. The summed E-state index contributed by atoms with van der Waals surface area (Å²) in [7, 11) is 0. The quantitative estimate of drug-likeness (QED) is 0.550. The molecule has 1 rings (SSSR count). The summed E-state index contributed by atoms with van der Waals surface area (Å²) >= 11 is 2.90. The normalized spacial score (nSPS) is 9.24. The molecule has 0 aliphatic heterocycles. The molecule has 0 bridgehead atoms. The van der Waals surface area contributed by atoms with Crippen LogP contribution in [0.4, 0.5) is 4.79 Å². The Bertz CT molecular complexity index is 422. The van der Waals surface area contributed by atoms with Crippen molar-refractivity contribution in [2.24, 2.45) is 0 Å². The highest BCUT2D eigenvalue weighted by Gasteiger charge is 2.09. The lowest BCUT2D eigenvalue weighted by Crippen LogP contribution is -2.48. The Balaban J connectivity index is 2.42. The molecule has 4 amide bonds. The van der Waals surface area contributed by atoms with Crippen LogP contribution in [0.2, 0.25) is 0 Å². The fourth-order valence-electron chi connectivity index (χ4n) is 0.956. The van der Waals surface area contributed by atoms with Gasteiger partial charge in [-0.3, -0.25) is 20.3 Å². The van der Waals surface area contributed by atoms with Gasteiger partial charge in [-0.05, 0) is 12.1 Å². The van der Waals surface area contributed by atoms with Gasteiger partial charge in [-0.1, -0.05) is 34.1 Å². The molecule has 1 aromatic rings. The molecule has 0 atom stereocenters. The Morgan fingerprint density at radius 3 is 2.29 bits per heavy atom.